The number of hydrogen-bond acceptors (Lipinski definition) is 2. The van der Waals surface area contributed by atoms with Gasteiger partial charge in [0.2, 0.25) is 5.91 Å². The Kier molecular flexibility index (Phi) is 17.2. The maximum atomic E-state index is 11.6. The normalized spacial score (nSPS) is 10.3. The van der Waals surface area contributed by atoms with Crippen molar-refractivity contribution in [2.75, 3.05) is 6.54 Å². The van der Waals surface area contributed by atoms with Crippen LogP contribution in [0.5, 0.6) is 0 Å². The minimum Gasteiger partial charge on any atom is -0.330 e. The van der Waals surface area contributed by atoms with E-state index in [4.69, 9.17) is 5.73 Å². The zero-order valence-electron chi connectivity index (χ0n) is 12.8. The first-order chi connectivity index (χ1) is 9.24. The number of hydrogen-bond donors (Lipinski definition) is 2. The molecule has 0 radical (unpaired) electrons. The van der Waals surface area contributed by atoms with E-state index in [1.165, 1.54) is 0 Å². The van der Waals surface area contributed by atoms with Gasteiger partial charge in [-0.2, -0.15) is 0 Å². The quantitative estimate of drug-likeness (QED) is 0.422. The summed E-state index contributed by atoms with van der Waals surface area (Å²) in [6, 6.07) is 0. The average Bonchev–Trinajstić information content (AvgIpc) is 2.43. The molecule has 0 saturated carbocycles. The molecule has 3 heteroatoms. The second kappa shape index (κ2) is 16.5. The predicted molar refractivity (Wildman–Crippen MR) is 83.4 cm³/mol. The van der Waals surface area contributed by atoms with E-state index < -0.39 is 0 Å². The first-order valence-corrected chi connectivity index (χ1v) is 6.99. The molecule has 0 aliphatic carbocycles. The largest absolute Gasteiger partial charge is 0.330 e. The van der Waals surface area contributed by atoms with Crippen LogP contribution in [0.4, 0.5) is 0 Å². The van der Waals surface area contributed by atoms with E-state index in [9.17, 15) is 4.79 Å². The Hall–Kier alpha value is -1.53. The molecule has 0 rings (SSSR count). The minimum atomic E-state index is 0.0317. The lowest BCUT2D eigenvalue weighted by molar-refractivity contribution is -0.120. The topological polar surface area (TPSA) is 55.1 Å². The van der Waals surface area contributed by atoms with Crippen LogP contribution in [0.2, 0.25) is 0 Å². The van der Waals surface area contributed by atoms with Crippen molar-refractivity contribution in [2.24, 2.45) is 5.73 Å². The van der Waals surface area contributed by atoms with Gasteiger partial charge in [-0.05, 0) is 39.3 Å². The van der Waals surface area contributed by atoms with Crippen molar-refractivity contribution in [3.05, 3.63) is 23.9 Å². The van der Waals surface area contributed by atoms with Crippen molar-refractivity contribution in [3.63, 3.8) is 0 Å². The maximum Gasteiger partial charge on any atom is 0.224 e. The summed E-state index contributed by atoms with van der Waals surface area (Å²) in [6.45, 7) is 8.36. The van der Waals surface area contributed by atoms with Gasteiger partial charge in [-0.3, -0.25) is 4.79 Å². The lowest BCUT2D eigenvalue weighted by Crippen LogP contribution is -2.21. The molecule has 0 saturated heterocycles. The molecule has 1 amide bonds. The Bertz CT molecular complexity index is 332. The van der Waals surface area contributed by atoms with Crippen LogP contribution in [0.3, 0.4) is 0 Å². The summed E-state index contributed by atoms with van der Waals surface area (Å²) >= 11 is 0. The summed E-state index contributed by atoms with van der Waals surface area (Å²) in [4.78, 5) is 11.6. The molecule has 0 aromatic rings. The van der Waals surface area contributed by atoms with Crippen molar-refractivity contribution < 1.29 is 4.79 Å². The number of amides is 1. The van der Waals surface area contributed by atoms with E-state index in [0.29, 0.717) is 13.0 Å². The highest BCUT2D eigenvalue weighted by Gasteiger charge is 2.01. The molecule has 3 N–H and O–H groups in total. The van der Waals surface area contributed by atoms with Gasteiger partial charge >= 0.3 is 0 Å². The first-order valence-electron chi connectivity index (χ1n) is 6.99. The molecule has 0 bridgehead atoms. The van der Waals surface area contributed by atoms with Crippen LogP contribution in [-0.2, 0) is 4.79 Å². The fourth-order valence-electron chi connectivity index (χ4n) is 1.29. The van der Waals surface area contributed by atoms with Crippen LogP contribution in [0.25, 0.3) is 0 Å². The van der Waals surface area contributed by atoms with E-state index in [-0.39, 0.29) is 5.91 Å². The van der Waals surface area contributed by atoms with Crippen LogP contribution in [0.15, 0.2) is 23.9 Å². The van der Waals surface area contributed by atoms with Crippen molar-refractivity contribution >= 4 is 5.91 Å². The molecule has 0 atom stereocenters. The summed E-state index contributed by atoms with van der Waals surface area (Å²) in [7, 11) is 0. The van der Waals surface area contributed by atoms with Gasteiger partial charge in [-0.15, -0.1) is 5.92 Å². The Morgan fingerprint density at radius 3 is 2.47 bits per heavy atom. The van der Waals surface area contributed by atoms with Crippen LogP contribution in [-0.4, -0.2) is 12.5 Å². The number of nitrogens with two attached hydrogens (primary N) is 1. The number of rotatable bonds is 7. The van der Waals surface area contributed by atoms with Crippen molar-refractivity contribution in [1.82, 2.24) is 5.32 Å². The van der Waals surface area contributed by atoms with Crippen LogP contribution in [0.1, 0.15) is 53.4 Å². The molecule has 0 aliphatic heterocycles. The van der Waals surface area contributed by atoms with Crippen LogP contribution in [0, 0.1) is 11.8 Å². The summed E-state index contributed by atoms with van der Waals surface area (Å²) in [5.41, 5.74) is 6.13. The number of carbonyl (C=O) groups excluding carboxylic acids is 1. The predicted octanol–water partition coefficient (Wildman–Crippen LogP) is 3.13. The molecule has 0 aliphatic rings. The third kappa shape index (κ3) is 14.4. The highest BCUT2D eigenvalue weighted by molar-refractivity contribution is 5.78. The first kappa shape index (κ1) is 19.8. The molecule has 3 nitrogen and oxygen atoms in total. The summed E-state index contributed by atoms with van der Waals surface area (Å²) in [6.07, 6.45) is 8.81. The number of unbranched alkanes of at least 4 members (excludes halogenated alkanes) is 2. The summed E-state index contributed by atoms with van der Waals surface area (Å²) < 4.78 is 0. The van der Waals surface area contributed by atoms with E-state index >= 15 is 0 Å². The number of nitrogens with one attached hydrogen (secondary N) is 1. The lowest BCUT2D eigenvalue weighted by Gasteiger charge is -2.04. The van der Waals surface area contributed by atoms with E-state index in [0.717, 1.165) is 25.0 Å². The molecule has 0 heterocycles. The van der Waals surface area contributed by atoms with Crippen molar-refractivity contribution in [2.45, 2.75) is 53.4 Å². The molecule has 0 aromatic heterocycles. The van der Waals surface area contributed by atoms with Gasteiger partial charge in [0.1, 0.15) is 0 Å². The van der Waals surface area contributed by atoms with Gasteiger partial charge < -0.3 is 11.1 Å². The molecule has 0 unspecified atom stereocenters. The monoisotopic (exact) mass is 264 g/mol. The summed E-state index contributed by atoms with van der Waals surface area (Å²) in [5, 5.41) is 2.83. The molecule has 0 fully saturated rings. The second-order valence-corrected chi connectivity index (χ2v) is 3.64. The summed E-state index contributed by atoms with van der Waals surface area (Å²) in [5.74, 6) is 5.62. The molecule has 0 spiro atoms. The van der Waals surface area contributed by atoms with Gasteiger partial charge in [0.25, 0.3) is 0 Å². The molecule has 108 valence electrons. The Balaban J connectivity index is 0. The molecule has 0 aromatic carbocycles. The van der Waals surface area contributed by atoms with E-state index in [2.05, 4.69) is 17.2 Å². The maximum absolute atomic E-state index is 11.6. The van der Waals surface area contributed by atoms with Crippen molar-refractivity contribution in [1.29, 1.82) is 0 Å². The molecule has 19 heavy (non-hydrogen) atoms. The Morgan fingerprint density at radius 2 is 1.95 bits per heavy atom. The van der Waals surface area contributed by atoms with Gasteiger partial charge in [0.15, 0.2) is 0 Å². The van der Waals surface area contributed by atoms with Crippen LogP contribution >= 0.6 is 0 Å². The number of allylic oxidation sites excluding steroid dienone is 3. The van der Waals surface area contributed by atoms with Gasteiger partial charge in [-0.1, -0.05) is 32.3 Å². The molecular weight excluding hydrogens is 236 g/mol. The highest BCUT2D eigenvalue weighted by Crippen LogP contribution is 2.00. The minimum absolute atomic E-state index is 0.0317. The fourth-order valence-corrected chi connectivity index (χ4v) is 1.29. The Labute approximate surface area is 118 Å². The van der Waals surface area contributed by atoms with E-state index in [1.54, 1.807) is 13.0 Å². The van der Waals surface area contributed by atoms with E-state index in [1.807, 2.05) is 32.9 Å². The third-order valence-electron chi connectivity index (χ3n) is 2.11. The van der Waals surface area contributed by atoms with Gasteiger partial charge in [-0.25, -0.2) is 0 Å². The van der Waals surface area contributed by atoms with Gasteiger partial charge in [0, 0.05) is 18.2 Å². The average molecular weight is 264 g/mol. The third-order valence-corrected chi connectivity index (χ3v) is 2.11. The zero-order valence-corrected chi connectivity index (χ0v) is 12.8. The van der Waals surface area contributed by atoms with Crippen LogP contribution < -0.4 is 11.1 Å². The SMILES string of the molecule is CC.CC#C/C=C(\C=C/C)NC(=O)CCCCCN. The lowest BCUT2D eigenvalue weighted by atomic mass is 10.2. The smallest absolute Gasteiger partial charge is 0.224 e. The second-order valence-electron chi connectivity index (χ2n) is 3.64. The molecular formula is C16H28N2O. The fraction of sp³-hybridized carbons (Fsp3) is 0.562. The van der Waals surface area contributed by atoms with Crippen molar-refractivity contribution in [3.8, 4) is 11.8 Å². The Morgan fingerprint density at radius 1 is 1.26 bits per heavy atom. The highest BCUT2D eigenvalue weighted by atomic mass is 16.1. The zero-order chi connectivity index (χ0) is 14.9. The van der Waals surface area contributed by atoms with Gasteiger partial charge in [0.05, 0.1) is 0 Å². The standard InChI is InChI=1S/C14H22N2O.C2H6/c1-3-5-10-13(9-4-2)16-14(17)11-7-6-8-12-15;1-2/h4,9-10H,6-8,11-12,15H2,1-2H3,(H,16,17);1-2H3/b9-4-,13-10+;. The number of carbonyl (C=O) groups is 1.